The first-order valence-corrected chi connectivity index (χ1v) is 10.3. The Labute approximate surface area is 188 Å². The Bertz CT molecular complexity index is 999. The number of carbonyl (C=O) groups excluding carboxylic acids is 1. The Hall–Kier alpha value is -3.26. The van der Waals surface area contributed by atoms with Gasteiger partial charge in [-0.2, -0.15) is 0 Å². The number of anilines is 1. The number of ether oxygens (including phenoxy) is 3. The van der Waals surface area contributed by atoms with E-state index in [1.165, 1.54) is 0 Å². The van der Waals surface area contributed by atoms with E-state index in [9.17, 15) is 4.79 Å². The van der Waals surface area contributed by atoms with E-state index in [0.29, 0.717) is 40.2 Å². The lowest BCUT2D eigenvalue weighted by atomic mass is 9.93. The maximum Gasteiger partial charge on any atom is 0.255 e. The number of methoxy groups -OCH3 is 3. The number of amides is 1. The van der Waals surface area contributed by atoms with E-state index in [4.69, 9.17) is 26.4 Å². The summed E-state index contributed by atoms with van der Waals surface area (Å²) in [6.07, 6.45) is 0. The first-order valence-electron chi connectivity index (χ1n) is 9.89. The van der Waals surface area contributed by atoms with Crippen molar-refractivity contribution in [1.82, 2.24) is 10.2 Å². The van der Waals surface area contributed by atoms with Crippen molar-refractivity contribution in [3.8, 4) is 17.2 Å². The van der Waals surface area contributed by atoms with Crippen LogP contribution in [0.4, 0.5) is 5.69 Å². The lowest BCUT2D eigenvalue weighted by Crippen LogP contribution is -2.48. The number of nitrogens with one attached hydrogen (secondary N) is 2. The minimum absolute atomic E-state index is 0.248. The summed E-state index contributed by atoms with van der Waals surface area (Å²) in [6.45, 7) is 4.53. The van der Waals surface area contributed by atoms with Crippen molar-refractivity contribution in [2.24, 2.45) is 0 Å². The molecule has 2 aromatic rings. The zero-order valence-corrected chi connectivity index (χ0v) is 19.1. The molecule has 0 radical (unpaired) electrons. The Kier molecular flexibility index (Phi) is 7.02. The average Bonchev–Trinajstić information content (AvgIpc) is 2.78. The largest absolute Gasteiger partial charge is 0.497 e. The molecular weight excluding hydrogens is 414 g/mol. The highest BCUT2D eigenvalue weighted by Gasteiger charge is 2.34. The number of carbonyl (C=O) groups is 1. The highest BCUT2D eigenvalue weighted by Crippen LogP contribution is 2.35. The summed E-state index contributed by atoms with van der Waals surface area (Å²) in [5.41, 5.74) is 2.73. The number of nitrogens with zero attached hydrogens (tertiary/aromatic N) is 1. The number of hydrogen-bond acceptors (Lipinski definition) is 5. The van der Waals surface area contributed by atoms with Gasteiger partial charge in [-0.15, -0.1) is 0 Å². The molecule has 3 rings (SSSR count). The molecule has 1 unspecified atom stereocenters. The van der Waals surface area contributed by atoms with E-state index < -0.39 is 6.04 Å². The molecule has 0 spiro atoms. The first-order chi connectivity index (χ1) is 14.9. The predicted molar refractivity (Wildman–Crippen MR) is 125 cm³/mol. The molecule has 8 heteroatoms. The monoisotopic (exact) mass is 441 g/mol. The van der Waals surface area contributed by atoms with Crippen molar-refractivity contribution >= 4 is 28.9 Å². The Morgan fingerprint density at radius 3 is 2.32 bits per heavy atom. The molecule has 1 aliphatic heterocycles. The van der Waals surface area contributed by atoms with Crippen LogP contribution in [0.5, 0.6) is 17.2 Å². The third-order valence-electron chi connectivity index (χ3n) is 5.22. The topological polar surface area (TPSA) is 72.1 Å². The minimum atomic E-state index is -0.478. The number of rotatable bonds is 7. The lowest BCUT2D eigenvalue weighted by molar-refractivity contribution is -0.113. The van der Waals surface area contributed by atoms with Crippen LogP contribution in [0.3, 0.4) is 0 Å². The van der Waals surface area contributed by atoms with Crippen molar-refractivity contribution in [3.05, 3.63) is 59.3 Å². The van der Waals surface area contributed by atoms with Gasteiger partial charge in [-0.05, 0) is 55.9 Å². The van der Waals surface area contributed by atoms with Crippen LogP contribution in [0.25, 0.3) is 0 Å². The summed E-state index contributed by atoms with van der Waals surface area (Å²) in [7, 11) is 4.75. The molecule has 2 N–H and O–H groups in total. The number of hydrogen-bond donors (Lipinski definition) is 2. The first kappa shape index (κ1) is 22.4. The van der Waals surface area contributed by atoms with Gasteiger partial charge >= 0.3 is 0 Å². The summed E-state index contributed by atoms with van der Waals surface area (Å²) < 4.78 is 16.2. The smallest absolute Gasteiger partial charge is 0.255 e. The molecular formula is C23H27N3O4S. The summed E-state index contributed by atoms with van der Waals surface area (Å²) in [5.74, 6) is 1.59. The SMILES string of the molecule is CCN1C(=S)NC(c2cc(OC)cc(OC)c2)C(C(=O)Nc2ccccc2OC)=C1C. The Morgan fingerprint density at radius 2 is 1.74 bits per heavy atom. The van der Waals surface area contributed by atoms with Crippen LogP contribution in [-0.4, -0.2) is 43.8 Å². The molecule has 31 heavy (non-hydrogen) atoms. The summed E-state index contributed by atoms with van der Waals surface area (Å²) >= 11 is 5.58. The fraction of sp³-hybridized carbons (Fsp3) is 0.304. The third kappa shape index (κ3) is 4.59. The van der Waals surface area contributed by atoms with Gasteiger partial charge < -0.3 is 29.7 Å². The van der Waals surface area contributed by atoms with Gasteiger partial charge in [0.25, 0.3) is 5.91 Å². The fourth-order valence-electron chi connectivity index (χ4n) is 3.64. The zero-order chi connectivity index (χ0) is 22.5. The van der Waals surface area contributed by atoms with Gasteiger partial charge in [0.05, 0.1) is 38.6 Å². The zero-order valence-electron chi connectivity index (χ0n) is 18.3. The predicted octanol–water partition coefficient (Wildman–Crippen LogP) is 3.88. The number of thiocarbonyl (C=S) groups is 1. The summed E-state index contributed by atoms with van der Waals surface area (Å²) in [4.78, 5) is 15.4. The third-order valence-corrected chi connectivity index (χ3v) is 5.56. The molecule has 164 valence electrons. The molecule has 1 amide bonds. The van der Waals surface area contributed by atoms with Crippen LogP contribution < -0.4 is 24.8 Å². The van der Waals surface area contributed by atoms with Gasteiger partial charge in [-0.1, -0.05) is 12.1 Å². The van der Waals surface area contributed by atoms with E-state index in [0.717, 1.165) is 11.3 Å². The second kappa shape index (κ2) is 9.70. The molecule has 0 aromatic heterocycles. The van der Waals surface area contributed by atoms with Crippen molar-refractivity contribution < 1.29 is 19.0 Å². The van der Waals surface area contributed by atoms with Gasteiger partial charge in [0, 0.05) is 18.3 Å². The number of para-hydroxylation sites is 2. The van der Waals surface area contributed by atoms with Gasteiger partial charge in [-0.3, -0.25) is 4.79 Å². The molecule has 1 atom stereocenters. The van der Waals surface area contributed by atoms with Gasteiger partial charge in [-0.25, -0.2) is 0 Å². The van der Waals surface area contributed by atoms with Crippen LogP contribution in [0.2, 0.25) is 0 Å². The molecule has 0 saturated heterocycles. The summed E-state index contributed by atoms with van der Waals surface area (Å²) in [5, 5.41) is 6.85. The minimum Gasteiger partial charge on any atom is -0.497 e. The molecule has 7 nitrogen and oxygen atoms in total. The van der Waals surface area contributed by atoms with E-state index in [-0.39, 0.29) is 5.91 Å². The molecule has 1 aliphatic rings. The number of benzene rings is 2. The maximum atomic E-state index is 13.5. The highest BCUT2D eigenvalue weighted by molar-refractivity contribution is 7.80. The van der Waals surface area contributed by atoms with E-state index in [1.807, 2.05) is 43.0 Å². The standard InChI is InChI=1S/C23H27N3O4S/c1-6-26-14(2)20(22(27)24-18-9-7-8-10-19(18)30-5)21(25-23(26)31)15-11-16(28-3)13-17(12-15)29-4/h7-13,21H,6H2,1-5H3,(H,24,27)(H,25,31). The average molecular weight is 442 g/mol. The second-order valence-electron chi connectivity index (χ2n) is 6.93. The lowest BCUT2D eigenvalue weighted by Gasteiger charge is -2.37. The molecule has 0 bridgehead atoms. The Balaban J connectivity index is 2.09. The second-order valence-corrected chi connectivity index (χ2v) is 7.31. The van der Waals surface area contributed by atoms with Crippen LogP contribution >= 0.6 is 12.2 Å². The fourth-order valence-corrected chi connectivity index (χ4v) is 4.02. The molecule has 0 fully saturated rings. The van der Waals surface area contributed by atoms with Crippen molar-refractivity contribution in [1.29, 1.82) is 0 Å². The van der Waals surface area contributed by atoms with Crippen LogP contribution in [0, 0.1) is 0 Å². The molecule has 0 saturated carbocycles. The van der Waals surface area contributed by atoms with Gasteiger partial charge in [0.1, 0.15) is 17.2 Å². The van der Waals surface area contributed by atoms with Crippen molar-refractivity contribution in [3.63, 3.8) is 0 Å². The molecule has 1 heterocycles. The van der Waals surface area contributed by atoms with Crippen molar-refractivity contribution in [2.45, 2.75) is 19.9 Å². The van der Waals surface area contributed by atoms with Gasteiger partial charge in [0.15, 0.2) is 5.11 Å². The van der Waals surface area contributed by atoms with Gasteiger partial charge in [0.2, 0.25) is 0 Å². The Morgan fingerprint density at radius 1 is 1.10 bits per heavy atom. The van der Waals surface area contributed by atoms with E-state index in [1.54, 1.807) is 39.5 Å². The molecule has 0 aliphatic carbocycles. The van der Waals surface area contributed by atoms with Crippen LogP contribution in [-0.2, 0) is 4.79 Å². The van der Waals surface area contributed by atoms with E-state index >= 15 is 0 Å². The van der Waals surface area contributed by atoms with Crippen LogP contribution in [0.15, 0.2) is 53.7 Å². The molecule has 2 aromatic carbocycles. The highest BCUT2D eigenvalue weighted by atomic mass is 32.1. The normalized spacial score (nSPS) is 16.0. The quantitative estimate of drug-likeness (QED) is 0.632. The maximum absolute atomic E-state index is 13.5. The van der Waals surface area contributed by atoms with Crippen LogP contribution in [0.1, 0.15) is 25.5 Å². The number of allylic oxidation sites excluding steroid dienone is 1. The van der Waals surface area contributed by atoms with Crippen molar-refractivity contribution in [2.75, 3.05) is 33.2 Å². The summed E-state index contributed by atoms with van der Waals surface area (Å²) in [6, 6.07) is 12.3. The van der Waals surface area contributed by atoms with E-state index in [2.05, 4.69) is 10.6 Å².